The number of nitro groups is 1. The standard InChI is InChI=1S/C12H10Br2N2O3/c1-7(11-4-5-12(14)19-11)15-10-6-8(16(17)18)2-3-9(10)13/h2-7,15H,1H3. The summed E-state index contributed by atoms with van der Waals surface area (Å²) in [6.07, 6.45) is 0. The zero-order chi connectivity index (χ0) is 14.0. The van der Waals surface area contributed by atoms with Crippen molar-refractivity contribution < 1.29 is 9.34 Å². The number of halogens is 2. The van der Waals surface area contributed by atoms with E-state index in [0.717, 1.165) is 10.2 Å². The first kappa shape index (κ1) is 14.1. The van der Waals surface area contributed by atoms with E-state index in [0.29, 0.717) is 10.4 Å². The lowest BCUT2D eigenvalue weighted by molar-refractivity contribution is -0.384. The molecule has 0 saturated heterocycles. The average molecular weight is 390 g/mol. The lowest BCUT2D eigenvalue weighted by Crippen LogP contribution is -2.06. The van der Waals surface area contributed by atoms with Gasteiger partial charge in [-0.2, -0.15) is 0 Å². The molecule has 1 aromatic heterocycles. The predicted octanol–water partition coefficient (Wildman–Crippen LogP) is 4.89. The third-order valence-corrected chi connectivity index (χ3v) is 3.67. The number of rotatable bonds is 4. The monoisotopic (exact) mass is 388 g/mol. The van der Waals surface area contributed by atoms with E-state index in [-0.39, 0.29) is 11.7 Å². The third kappa shape index (κ3) is 3.36. The quantitative estimate of drug-likeness (QED) is 0.597. The Balaban J connectivity index is 2.22. The number of hydrogen-bond donors (Lipinski definition) is 1. The second kappa shape index (κ2) is 5.75. The molecule has 2 aromatic rings. The molecule has 1 atom stereocenters. The Hall–Kier alpha value is -1.34. The van der Waals surface area contributed by atoms with Crippen molar-refractivity contribution in [2.75, 3.05) is 5.32 Å². The number of nitrogens with one attached hydrogen (secondary N) is 1. The molecule has 2 rings (SSSR count). The van der Waals surface area contributed by atoms with Crippen LogP contribution in [0.25, 0.3) is 0 Å². The van der Waals surface area contributed by atoms with Crippen molar-refractivity contribution in [3.63, 3.8) is 0 Å². The van der Waals surface area contributed by atoms with Crippen molar-refractivity contribution in [2.45, 2.75) is 13.0 Å². The van der Waals surface area contributed by atoms with Crippen LogP contribution in [0.1, 0.15) is 18.7 Å². The molecule has 1 aromatic carbocycles. The second-order valence-corrected chi connectivity index (χ2v) is 5.57. The molecular weight excluding hydrogens is 380 g/mol. The molecule has 0 spiro atoms. The summed E-state index contributed by atoms with van der Waals surface area (Å²) in [5.74, 6) is 0.741. The van der Waals surface area contributed by atoms with E-state index in [1.54, 1.807) is 12.1 Å². The first-order valence-corrected chi connectivity index (χ1v) is 7.01. The van der Waals surface area contributed by atoms with Crippen LogP contribution < -0.4 is 5.32 Å². The molecule has 7 heteroatoms. The highest BCUT2D eigenvalue weighted by atomic mass is 79.9. The number of nitro benzene ring substituents is 1. The Morgan fingerprint density at radius 1 is 1.32 bits per heavy atom. The zero-order valence-electron chi connectivity index (χ0n) is 9.89. The van der Waals surface area contributed by atoms with Gasteiger partial charge in [-0.1, -0.05) is 0 Å². The second-order valence-electron chi connectivity index (χ2n) is 3.93. The first-order valence-electron chi connectivity index (χ1n) is 5.43. The minimum absolute atomic E-state index is 0.0403. The summed E-state index contributed by atoms with van der Waals surface area (Å²) in [7, 11) is 0. The van der Waals surface area contributed by atoms with E-state index in [1.165, 1.54) is 12.1 Å². The van der Waals surface area contributed by atoms with Gasteiger partial charge in [-0.05, 0) is 57.0 Å². The lowest BCUT2D eigenvalue weighted by Gasteiger charge is -2.14. The Morgan fingerprint density at radius 3 is 2.63 bits per heavy atom. The molecule has 0 bridgehead atoms. The molecule has 0 amide bonds. The molecule has 5 nitrogen and oxygen atoms in total. The normalized spacial score (nSPS) is 12.2. The van der Waals surface area contributed by atoms with Gasteiger partial charge in [-0.25, -0.2) is 0 Å². The van der Waals surface area contributed by atoms with Crippen LogP contribution in [0.2, 0.25) is 0 Å². The minimum atomic E-state index is -0.425. The number of anilines is 1. The highest BCUT2D eigenvalue weighted by Crippen LogP contribution is 2.31. The molecule has 100 valence electrons. The maximum Gasteiger partial charge on any atom is 0.271 e. The maximum absolute atomic E-state index is 10.8. The molecule has 1 heterocycles. The fourth-order valence-corrected chi connectivity index (χ4v) is 2.28. The van der Waals surface area contributed by atoms with Gasteiger partial charge in [0.15, 0.2) is 4.67 Å². The summed E-state index contributed by atoms with van der Waals surface area (Å²) >= 11 is 6.60. The van der Waals surface area contributed by atoms with Crippen LogP contribution in [0.4, 0.5) is 11.4 Å². The van der Waals surface area contributed by atoms with Crippen LogP contribution in [0, 0.1) is 10.1 Å². The SMILES string of the molecule is CC(Nc1cc([N+](=O)[O-])ccc1Br)c1ccc(Br)o1. The van der Waals surface area contributed by atoms with E-state index in [2.05, 4.69) is 37.2 Å². The third-order valence-electron chi connectivity index (χ3n) is 2.55. The minimum Gasteiger partial charge on any atom is -0.452 e. The van der Waals surface area contributed by atoms with Crippen LogP contribution in [0.3, 0.4) is 0 Å². The fraction of sp³-hybridized carbons (Fsp3) is 0.167. The lowest BCUT2D eigenvalue weighted by atomic mass is 10.2. The zero-order valence-corrected chi connectivity index (χ0v) is 13.1. The van der Waals surface area contributed by atoms with Crippen LogP contribution in [-0.2, 0) is 0 Å². The van der Waals surface area contributed by atoms with Gasteiger partial charge >= 0.3 is 0 Å². The van der Waals surface area contributed by atoms with Crippen LogP contribution in [-0.4, -0.2) is 4.92 Å². The Kier molecular flexibility index (Phi) is 4.26. The van der Waals surface area contributed by atoms with Crippen molar-refractivity contribution in [3.05, 3.63) is 55.3 Å². The van der Waals surface area contributed by atoms with E-state index in [9.17, 15) is 10.1 Å². The smallest absolute Gasteiger partial charge is 0.271 e. The average Bonchev–Trinajstić information content (AvgIpc) is 2.78. The van der Waals surface area contributed by atoms with Gasteiger partial charge in [0.2, 0.25) is 0 Å². The van der Waals surface area contributed by atoms with Crippen molar-refractivity contribution in [3.8, 4) is 0 Å². The highest BCUT2D eigenvalue weighted by molar-refractivity contribution is 9.10. The number of nitrogens with zero attached hydrogens (tertiary/aromatic N) is 1. The molecule has 0 aliphatic carbocycles. The predicted molar refractivity (Wildman–Crippen MR) is 79.2 cm³/mol. The summed E-state index contributed by atoms with van der Waals surface area (Å²) in [5.41, 5.74) is 0.688. The number of benzene rings is 1. The van der Waals surface area contributed by atoms with Crippen molar-refractivity contribution >= 4 is 43.2 Å². The molecule has 0 saturated carbocycles. The van der Waals surface area contributed by atoms with E-state index < -0.39 is 4.92 Å². The number of non-ortho nitro benzene ring substituents is 1. The van der Waals surface area contributed by atoms with Crippen LogP contribution >= 0.6 is 31.9 Å². The Morgan fingerprint density at radius 2 is 2.05 bits per heavy atom. The van der Waals surface area contributed by atoms with Gasteiger partial charge in [0, 0.05) is 16.6 Å². The summed E-state index contributed by atoms with van der Waals surface area (Å²) in [6.45, 7) is 1.91. The molecule has 0 aliphatic rings. The van der Waals surface area contributed by atoms with Crippen LogP contribution in [0.15, 0.2) is 43.9 Å². The van der Waals surface area contributed by atoms with Gasteiger partial charge in [0.05, 0.1) is 16.7 Å². The van der Waals surface area contributed by atoms with Crippen molar-refractivity contribution in [1.29, 1.82) is 0 Å². The van der Waals surface area contributed by atoms with Gasteiger partial charge in [-0.3, -0.25) is 10.1 Å². The molecule has 1 unspecified atom stereocenters. The van der Waals surface area contributed by atoms with Crippen LogP contribution in [0.5, 0.6) is 0 Å². The van der Waals surface area contributed by atoms with Gasteiger partial charge in [0.25, 0.3) is 5.69 Å². The van der Waals surface area contributed by atoms with Gasteiger partial charge in [0.1, 0.15) is 5.76 Å². The molecule has 19 heavy (non-hydrogen) atoms. The molecule has 0 aliphatic heterocycles. The molecule has 1 N–H and O–H groups in total. The molecule has 0 fully saturated rings. The summed E-state index contributed by atoms with van der Waals surface area (Å²) in [6, 6.07) is 8.11. The van der Waals surface area contributed by atoms with Gasteiger partial charge in [-0.15, -0.1) is 0 Å². The fourth-order valence-electron chi connectivity index (χ4n) is 1.60. The van der Waals surface area contributed by atoms with Crippen molar-refractivity contribution in [1.82, 2.24) is 0 Å². The summed E-state index contributed by atoms with van der Waals surface area (Å²) in [5, 5.41) is 13.9. The Labute approximate surface area is 126 Å². The highest BCUT2D eigenvalue weighted by Gasteiger charge is 2.14. The largest absolute Gasteiger partial charge is 0.452 e. The number of hydrogen-bond acceptors (Lipinski definition) is 4. The molecular formula is C12H10Br2N2O3. The summed E-state index contributed by atoms with van der Waals surface area (Å²) < 4.78 is 6.85. The summed E-state index contributed by atoms with van der Waals surface area (Å²) in [4.78, 5) is 10.3. The maximum atomic E-state index is 10.8. The van der Waals surface area contributed by atoms with E-state index in [4.69, 9.17) is 4.42 Å². The van der Waals surface area contributed by atoms with Gasteiger partial charge < -0.3 is 9.73 Å². The van der Waals surface area contributed by atoms with E-state index >= 15 is 0 Å². The topological polar surface area (TPSA) is 68.3 Å². The Bertz CT molecular complexity index is 613. The van der Waals surface area contributed by atoms with E-state index in [1.807, 2.05) is 13.0 Å². The number of furan rings is 1. The first-order chi connectivity index (χ1) is 8.97. The van der Waals surface area contributed by atoms with Crippen molar-refractivity contribution in [2.24, 2.45) is 0 Å². The molecule has 0 radical (unpaired) electrons.